The van der Waals surface area contributed by atoms with E-state index in [0.29, 0.717) is 16.5 Å². The van der Waals surface area contributed by atoms with E-state index in [1.807, 2.05) is 48.2 Å². The summed E-state index contributed by atoms with van der Waals surface area (Å²) < 4.78 is 0. The van der Waals surface area contributed by atoms with Crippen molar-refractivity contribution in [2.75, 3.05) is 56.7 Å². The summed E-state index contributed by atoms with van der Waals surface area (Å²) in [6, 6.07) is 13.8. The predicted molar refractivity (Wildman–Crippen MR) is 145 cm³/mol. The van der Waals surface area contributed by atoms with Crippen molar-refractivity contribution in [2.24, 2.45) is 0 Å². The molecule has 0 aromatic heterocycles. The number of nitrogens with zero attached hydrogens (tertiary/aromatic N) is 3. The third-order valence-electron chi connectivity index (χ3n) is 6.94. The lowest BCUT2D eigenvalue weighted by Crippen LogP contribution is -2.60. The van der Waals surface area contributed by atoms with Crippen LogP contribution in [0.4, 0.5) is 5.69 Å². The quantitative estimate of drug-likeness (QED) is 0.501. The second-order valence-electron chi connectivity index (χ2n) is 9.47. The molecule has 0 bridgehead atoms. The smallest absolute Gasteiger partial charge is 0.250 e. The van der Waals surface area contributed by atoms with Gasteiger partial charge in [0.1, 0.15) is 5.54 Å². The van der Waals surface area contributed by atoms with Gasteiger partial charge in [0.15, 0.2) is 0 Å². The van der Waals surface area contributed by atoms with Crippen molar-refractivity contribution in [3.05, 3.63) is 63.6 Å². The van der Waals surface area contributed by atoms with Gasteiger partial charge in [-0.1, -0.05) is 41.4 Å². The molecule has 1 amide bonds. The van der Waals surface area contributed by atoms with Gasteiger partial charge in [-0.3, -0.25) is 19.5 Å². The molecule has 4 rings (SSSR count). The minimum Gasteiger partial charge on any atom is -0.324 e. The average Bonchev–Trinajstić information content (AvgIpc) is 3.07. The maximum Gasteiger partial charge on any atom is 0.250 e. The van der Waals surface area contributed by atoms with Gasteiger partial charge in [-0.25, -0.2) is 0 Å². The largest absolute Gasteiger partial charge is 0.324 e. The van der Waals surface area contributed by atoms with E-state index in [1.54, 1.807) is 0 Å². The summed E-state index contributed by atoms with van der Waals surface area (Å²) in [5.41, 5.74) is 1.98. The molecule has 5 nitrogen and oxygen atoms in total. The van der Waals surface area contributed by atoms with E-state index in [9.17, 15) is 4.79 Å². The summed E-state index contributed by atoms with van der Waals surface area (Å²) in [4.78, 5) is 21.2. The SMILES string of the molecule is CSCCN1CCN(CN(C(C)C)C2(Cc3cccc(Cl)c3)C(=O)Nc3cc(Cl)ccc32)CC1. The van der Waals surface area contributed by atoms with Crippen LogP contribution in [0.3, 0.4) is 0 Å². The van der Waals surface area contributed by atoms with Crippen LogP contribution in [0, 0.1) is 0 Å². The van der Waals surface area contributed by atoms with E-state index in [-0.39, 0.29) is 11.9 Å². The third kappa shape index (κ3) is 5.43. The minimum absolute atomic E-state index is 0.00273. The number of thioether (sulfide) groups is 1. The fourth-order valence-corrected chi connectivity index (χ4v) is 5.97. The van der Waals surface area contributed by atoms with Crippen LogP contribution >= 0.6 is 35.0 Å². The maximum atomic E-state index is 13.9. The van der Waals surface area contributed by atoms with E-state index in [4.69, 9.17) is 23.2 Å². The molecule has 184 valence electrons. The first-order valence-electron chi connectivity index (χ1n) is 11.9. The zero-order chi connectivity index (χ0) is 24.3. The second-order valence-corrected chi connectivity index (χ2v) is 11.3. The fourth-order valence-electron chi connectivity index (χ4n) is 5.15. The molecule has 0 saturated carbocycles. The molecule has 1 saturated heterocycles. The van der Waals surface area contributed by atoms with Crippen LogP contribution in [0.15, 0.2) is 42.5 Å². The van der Waals surface area contributed by atoms with Crippen LogP contribution in [0.25, 0.3) is 0 Å². The number of halogens is 2. The first-order chi connectivity index (χ1) is 16.3. The van der Waals surface area contributed by atoms with Gasteiger partial charge in [0.25, 0.3) is 0 Å². The van der Waals surface area contributed by atoms with Crippen LogP contribution in [-0.2, 0) is 16.8 Å². The van der Waals surface area contributed by atoms with Gasteiger partial charge in [0, 0.05) is 72.2 Å². The van der Waals surface area contributed by atoms with Gasteiger partial charge in [-0.15, -0.1) is 0 Å². The first-order valence-corrected chi connectivity index (χ1v) is 14.0. The number of nitrogens with one attached hydrogen (secondary N) is 1. The standard InChI is InChI=1S/C26H34Cl2N4OS/c1-19(2)32(18-31-11-9-30(10-12-31)13-14-34-3)26(17-20-5-4-6-21(27)15-20)23-8-7-22(28)16-24(23)29-25(26)33/h4-8,15-16,19H,9-14,17-18H2,1-3H3,(H,29,33). The van der Waals surface area contributed by atoms with Gasteiger partial charge in [0.05, 0.1) is 6.67 Å². The van der Waals surface area contributed by atoms with Crippen molar-refractivity contribution in [2.45, 2.75) is 31.8 Å². The van der Waals surface area contributed by atoms with Crippen LogP contribution in [0.2, 0.25) is 10.0 Å². The van der Waals surface area contributed by atoms with E-state index in [1.165, 1.54) is 5.75 Å². The molecule has 2 aromatic carbocycles. The summed E-state index contributed by atoms with van der Waals surface area (Å²) >= 11 is 14.5. The molecule has 0 spiro atoms. The lowest BCUT2D eigenvalue weighted by molar-refractivity contribution is -0.132. The lowest BCUT2D eigenvalue weighted by atomic mass is 9.82. The van der Waals surface area contributed by atoms with E-state index >= 15 is 0 Å². The molecule has 34 heavy (non-hydrogen) atoms. The van der Waals surface area contributed by atoms with E-state index < -0.39 is 5.54 Å². The first kappa shape index (κ1) is 25.8. The number of rotatable bonds is 9. The number of carbonyl (C=O) groups excluding carboxylic acids is 1. The molecule has 2 heterocycles. The van der Waals surface area contributed by atoms with Crippen LogP contribution in [0.5, 0.6) is 0 Å². The van der Waals surface area contributed by atoms with Crippen molar-refractivity contribution in [1.29, 1.82) is 0 Å². The number of carbonyl (C=O) groups is 1. The number of anilines is 1. The Labute approximate surface area is 217 Å². The molecule has 1 atom stereocenters. The lowest BCUT2D eigenvalue weighted by Gasteiger charge is -2.46. The minimum atomic E-state index is -0.839. The summed E-state index contributed by atoms with van der Waals surface area (Å²) in [7, 11) is 0. The van der Waals surface area contributed by atoms with Crippen molar-refractivity contribution in [3.63, 3.8) is 0 Å². The number of hydrogen-bond donors (Lipinski definition) is 1. The molecule has 1 fully saturated rings. The number of piperazine rings is 1. The number of fused-ring (bicyclic) bond motifs is 1. The Morgan fingerprint density at radius 2 is 1.76 bits per heavy atom. The molecule has 0 radical (unpaired) electrons. The number of hydrogen-bond acceptors (Lipinski definition) is 5. The van der Waals surface area contributed by atoms with E-state index in [0.717, 1.165) is 56.2 Å². The summed E-state index contributed by atoms with van der Waals surface area (Å²) in [5.74, 6) is 1.16. The highest BCUT2D eigenvalue weighted by molar-refractivity contribution is 7.98. The highest BCUT2D eigenvalue weighted by Crippen LogP contribution is 2.45. The molecule has 1 unspecified atom stereocenters. The Morgan fingerprint density at radius 3 is 2.44 bits per heavy atom. The van der Waals surface area contributed by atoms with Crippen molar-refractivity contribution in [1.82, 2.24) is 14.7 Å². The Bertz CT molecular complexity index is 1010. The molecule has 0 aliphatic carbocycles. The van der Waals surface area contributed by atoms with Crippen molar-refractivity contribution >= 4 is 46.6 Å². The highest BCUT2D eigenvalue weighted by atomic mass is 35.5. The summed E-state index contributed by atoms with van der Waals surface area (Å²) in [6.45, 7) is 10.3. The van der Waals surface area contributed by atoms with Gasteiger partial charge in [-0.2, -0.15) is 11.8 Å². The Balaban J connectivity index is 1.67. The van der Waals surface area contributed by atoms with Crippen LogP contribution in [-0.4, -0.2) is 78.0 Å². The molecule has 2 aliphatic rings. The predicted octanol–water partition coefficient (Wildman–Crippen LogP) is 5.03. The van der Waals surface area contributed by atoms with Gasteiger partial charge in [-0.05, 0) is 49.9 Å². The Hall–Kier alpha value is -1.28. The van der Waals surface area contributed by atoms with Crippen molar-refractivity contribution in [3.8, 4) is 0 Å². The monoisotopic (exact) mass is 520 g/mol. The van der Waals surface area contributed by atoms with Gasteiger partial charge < -0.3 is 5.32 Å². The van der Waals surface area contributed by atoms with E-state index in [2.05, 4.69) is 46.2 Å². The average molecular weight is 522 g/mol. The molecular weight excluding hydrogens is 487 g/mol. The fraction of sp³-hybridized carbons (Fsp3) is 0.500. The zero-order valence-electron chi connectivity index (χ0n) is 20.2. The molecule has 1 N–H and O–H groups in total. The van der Waals surface area contributed by atoms with Gasteiger partial charge in [0.2, 0.25) is 5.91 Å². The summed E-state index contributed by atoms with van der Waals surface area (Å²) in [5, 5.41) is 4.44. The molecular formula is C26H34Cl2N4OS. The second kappa shape index (κ2) is 11.2. The topological polar surface area (TPSA) is 38.8 Å². The van der Waals surface area contributed by atoms with Crippen LogP contribution in [0.1, 0.15) is 25.0 Å². The highest BCUT2D eigenvalue weighted by Gasteiger charge is 2.52. The number of amides is 1. The van der Waals surface area contributed by atoms with Gasteiger partial charge >= 0.3 is 0 Å². The molecule has 2 aromatic rings. The molecule has 2 aliphatic heterocycles. The zero-order valence-corrected chi connectivity index (χ0v) is 22.5. The number of benzene rings is 2. The summed E-state index contributed by atoms with van der Waals surface area (Å²) in [6.07, 6.45) is 2.70. The van der Waals surface area contributed by atoms with Crippen LogP contribution < -0.4 is 5.32 Å². The third-order valence-corrected chi connectivity index (χ3v) is 8.00. The normalized spacial score (nSPS) is 21.3. The van der Waals surface area contributed by atoms with Crippen molar-refractivity contribution < 1.29 is 4.79 Å². The molecule has 8 heteroatoms. The Morgan fingerprint density at radius 1 is 1.06 bits per heavy atom. The maximum absolute atomic E-state index is 13.9. The Kier molecular flexibility index (Phi) is 8.49.